The first-order chi connectivity index (χ1) is 8.00. The molecule has 0 aromatic rings. The maximum Gasteiger partial charge on any atom is 0.306 e. The van der Waals surface area contributed by atoms with Crippen molar-refractivity contribution >= 4 is 17.8 Å². The van der Waals surface area contributed by atoms with E-state index >= 15 is 0 Å². The van der Waals surface area contributed by atoms with Crippen molar-refractivity contribution in [1.29, 1.82) is 0 Å². The van der Waals surface area contributed by atoms with Crippen molar-refractivity contribution in [3.63, 3.8) is 0 Å². The van der Waals surface area contributed by atoms with Crippen LogP contribution in [0.25, 0.3) is 0 Å². The molecule has 0 bridgehead atoms. The van der Waals surface area contributed by atoms with Crippen LogP contribution >= 0.6 is 0 Å². The van der Waals surface area contributed by atoms with Crippen molar-refractivity contribution < 1.29 is 24.6 Å². The van der Waals surface area contributed by atoms with Crippen LogP contribution in [-0.2, 0) is 14.4 Å². The molecule has 96 valence electrons. The maximum absolute atomic E-state index is 11.6. The summed E-state index contributed by atoms with van der Waals surface area (Å²) >= 11 is 0. The van der Waals surface area contributed by atoms with E-state index in [0.717, 1.165) is 0 Å². The molecule has 0 unspecified atom stereocenters. The molecule has 0 aromatic heterocycles. The van der Waals surface area contributed by atoms with Gasteiger partial charge in [-0.2, -0.15) is 0 Å². The Bertz CT molecular complexity index is 307. The molecular formula is C11H17NO5. The molecule has 0 radical (unpaired) electrons. The number of nitrogens with one attached hydrogen (secondary N) is 1. The van der Waals surface area contributed by atoms with Gasteiger partial charge in [-0.15, -0.1) is 0 Å². The second kappa shape index (κ2) is 6.22. The second-order valence-electron chi connectivity index (χ2n) is 4.32. The van der Waals surface area contributed by atoms with Gasteiger partial charge in [0.1, 0.15) is 0 Å². The van der Waals surface area contributed by atoms with Gasteiger partial charge in [0.15, 0.2) is 0 Å². The number of carbonyl (C=O) groups is 3. The van der Waals surface area contributed by atoms with E-state index in [-0.39, 0.29) is 30.7 Å². The Kier molecular flexibility index (Phi) is 4.93. The first kappa shape index (κ1) is 13.5. The van der Waals surface area contributed by atoms with Crippen molar-refractivity contribution in [2.45, 2.75) is 32.1 Å². The van der Waals surface area contributed by atoms with Crippen molar-refractivity contribution in [2.75, 3.05) is 6.54 Å². The van der Waals surface area contributed by atoms with Gasteiger partial charge in [-0.25, -0.2) is 0 Å². The van der Waals surface area contributed by atoms with Gasteiger partial charge in [-0.1, -0.05) is 0 Å². The van der Waals surface area contributed by atoms with Gasteiger partial charge in [-0.3, -0.25) is 14.4 Å². The van der Waals surface area contributed by atoms with E-state index in [1.165, 1.54) is 0 Å². The van der Waals surface area contributed by atoms with Crippen LogP contribution in [0.5, 0.6) is 0 Å². The topological polar surface area (TPSA) is 104 Å². The van der Waals surface area contributed by atoms with Gasteiger partial charge < -0.3 is 15.5 Å². The van der Waals surface area contributed by atoms with E-state index < -0.39 is 11.9 Å². The number of carbonyl (C=O) groups excluding carboxylic acids is 1. The molecule has 0 saturated heterocycles. The second-order valence-corrected chi connectivity index (χ2v) is 4.32. The Labute approximate surface area is 99.0 Å². The molecule has 17 heavy (non-hydrogen) atoms. The highest BCUT2D eigenvalue weighted by Gasteiger charge is 2.29. The van der Waals surface area contributed by atoms with Crippen LogP contribution in [0.1, 0.15) is 32.1 Å². The Hall–Kier alpha value is -1.59. The van der Waals surface area contributed by atoms with Crippen molar-refractivity contribution in [3.8, 4) is 0 Å². The summed E-state index contributed by atoms with van der Waals surface area (Å²) in [6.07, 6.45) is 2.08. The molecule has 1 aliphatic carbocycles. The predicted molar refractivity (Wildman–Crippen MR) is 58.3 cm³/mol. The molecule has 1 rings (SSSR count). The summed E-state index contributed by atoms with van der Waals surface area (Å²) in [5.41, 5.74) is 0. The first-order valence-corrected chi connectivity index (χ1v) is 5.73. The number of carboxylic acids is 2. The molecular weight excluding hydrogens is 226 g/mol. The summed E-state index contributed by atoms with van der Waals surface area (Å²) in [6, 6.07) is 0. The van der Waals surface area contributed by atoms with Gasteiger partial charge in [0.05, 0.1) is 12.3 Å². The lowest BCUT2D eigenvalue weighted by atomic mass is 9.81. The summed E-state index contributed by atoms with van der Waals surface area (Å²) in [5, 5.41) is 19.8. The molecule has 1 amide bonds. The van der Waals surface area contributed by atoms with Crippen LogP contribution in [0, 0.1) is 11.8 Å². The molecule has 0 spiro atoms. The van der Waals surface area contributed by atoms with E-state index in [2.05, 4.69) is 5.32 Å². The normalized spacial score (nSPS) is 24.0. The van der Waals surface area contributed by atoms with Crippen LogP contribution in [0.4, 0.5) is 0 Å². The average molecular weight is 243 g/mol. The SMILES string of the molecule is O=C(O)CCNC(=O)[C@H]1CC[C@@H](C(=O)O)CC1. The molecule has 1 aliphatic rings. The predicted octanol–water partition coefficient (Wildman–Crippen LogP) is 0.468. The highest BCUT2D eigenvalue weighted by atomic mass is 16.4. The lowest BCUT2D eigenvalue weighted by Crippen LogP contribution is -2.35. The summed E-state index contributed by atoms with van der Waals surface area (Å²) in [5.74, 6) is -2.40. The standard InChI is InChI=1S/C11H17NO5/c13-9(14)5-6-12-10(15)7-1-3-8(4-2-7)11(16)17/h7-8H,1-6H2,(H,12,15)(H,13,14)(H,16,17)/t7-,8+. The van der Waals surface area contributed by atoms with Crippen LogP contribution in [-0.4, -0.2) is 34.6 Å². The Morgan fingerprint density at radius 2 is 1.53 bits per heavy atom. The molecule has 0 atom stereocenters. The monoisotopic (exact) mass is 243 g/mol. The van der Waals surface area contributed by atoms with Gasteiger partial charge in [0, 0.05) is 12.5 Å². The minimum atomic E-state index is -0.945. The van der Waals surface area contributed by atoms with E-state index in [1.54, 1.807) is 0 Å². The lowest BCUT2D eigenvalue weighted by molar-refractivity contribution is -0.144. The fourth-order valence-corrected chi connectivity index (χ4v) is 2.04. The van der Waals surface area contributed by atoms with Crippen molar-refractivity contribution in [2.24, 2.45) is 11.8 Å². The van der Waals surface area contributed by atoms with Crippen LogP contribution in [0.15, 0.2) is 0 Å². The number of amides is 1. The van der Waals surface area contributed by atoms with Crippen LogP contribution in [0.3, 0.4) is 0 Å². The third kappa shape index (κ3) is 4.42. The molecule has 1 saturated carbocycles. The van der Waals surface area contributed by atoms with Gasteiger partial charge in [0.25, 0.3) is 0 Å². The average Bonchev–Trinajstić information content (AvgIpc) is 2.28. The third-order valence-corrected chi connectivity index (χ3v) is 3.09. The minimum absolute atomic E-state index is 0.0871. The van der Waals surface area contributed by atoms with E-state index in [0.29, 0.717) is 25.7 Å². The highest BCUT2D eigenvalue weighted by molar-refractivity contribution is 5.79. The zero-order valence-electron chi connectivity index (χ0n) is 9.52. The van der Waals surface area contributed by atoms with E-state index in [9.17, 15) is 14.4 Å². The fraction of sp³-hybridized carbons (Fsp3) is 0.727. The maximum atomic E-state index is 11.6. The summed E-state index contributed by atoms with van der Waals surface area (Å²) in [7, 11) is 0. The van der Waals surface area contributed by atoms with E-state index in [1.807, 2.05) is 0 Å². The number of aliphatic carboxylic acids is 2. The number of rotatable bonds is 5. The molecule has 6 nitrogen and oxygen atoms in total. The molecule has 3 N–H and O–H groups in total. The van der Waals surface area contributed by atoms with Gasteiger partial charge >= 0.3 is 11.9 Å². The van der Waals surface area contributed by atoms with Gasteiger partial charge in [0.2, 0.25) is 5.91 Å². The minimum Gasteiger partial charge on any atom is -0.481 e. The zero-order chi connectivity index (χ0) is 12.8. The third-order valence-electron chi connectivity index (χ3n) is 3.09. The largest absolute Gasteiger partial charge is 0.481 e. The van der Waals surface area contributed by atoms with Crippen LogP contribution in [0.2, 0.25) is 0 Å². The zero-order valence-corrected chi connectivity index (χ0v) is 9.52. The summed E-state index contributed by atoms with van der Waals surface area (Å²) in [4.78, 5) is 32.6. The Balaban J connectivity index is 2.26. The number of carboxylic acid groups (broad SMARTS) is 2. The number of hydrogen-bond acceptors (Lipinski definition) is 3. The van der Waals surface area contributed by atoms with E-state index in [4.69, 9.17) is 10.2 Å². The lowest BCUT2D eigenvalue weighted by Gasteiger charge is -2.25. The highest BCUT2D eigenvalue weighted by Crippen LogP contribution is 2.28. The quantitative estimate of drug-likeness (QED) is 0.651. The van der Waals surface area contributed by atoms with Crippen molar-refractivity contribution in [3.05, 3.63) is 0 Å². The molecule has 1 fully saturated rings. The molecule has 6 heteroatoms. The fourth-order valence-electron chi connectivity index (χ4n) is 2.04. The first-order valence-electron chi connectivity index (χ1n) is 5.73. The Morgan fingerprint density at radius 3 is 2.00 bits per heavy atom. The molecule has 0 heterocycles. The number of hydrogen-bond donors (Lipinski definition) is 3. The van der Waals surface area contributed by atoms with Crippen LogP contribution < -0.4 is 5.32 Å². The summed E-state index contributed by atoms with van der Waals surface area (Å²) in [6.45, 7) is 0.132. The molecule has 0 aliphatic heterocycles. The Morgan fingerprint density at radius 1 is 1.00 bits per heavy atom. The summed E-state index contributed by atoms with van der Waals surface area (Å²) < 4.78 is 0. The smallest absolute Gasteiger partial charge is 0.306 e. The van der Waals surface area contributed by atoms with Crippen molar-refractivity contribution in [1.82, 2.24) is 5.32 Å². The molecule has 0 aromatic carbocycles. The van der Waals surface area contributed by atoms with Gasteiger partial charge in [-0.05, 0) is 25.7 Å².